The molecule has 0 heterocycles. The van der Waals surface area contributed by atoms with Crippen molar-refractivity contribution in [2.24, 2.45) is 17.7 Å². The predicted molar refractivity (Wildman–Crippen MR) is 45.3 cm³/mol. The van der Waals surface area contributed by atoms with Gasteiger partial charge in [0, 0.05) is 6.04 Å². The van der Waals surface area contributed by atoms with Gasteiger partial charge in [-0.05, 0) is 25.2 Å². The first kappa shape index (κ1) is 9.48. The van der Waals surface area contributed by atoms with Gasteiger partial charge in [-0.15, -0.1) is 0 Å². The normalized spacial score (nSPS) is 36.3. The monoisotopic (exact) mass is 172 g/mol. The molecule has 0 aromatic heterocycles. The first-order chi connectivity index (χ1) is 5.65. The zero-order valence-corrected chi connectivity index (χ0v) is 7.29. The van der Waals surface area contributed by atoms with Gasteiger partial charge in [0.05, 0.1) is 5.92 Å². The van der Waals surface area contributed by atoms with E-state index in [1.807, 2.05) is 6.92 Å². The summed E-state index contributed by atoms with van der Waals surface area (Å²) >= 11 is 0. The Morgan fingerprint density at radius 2 is 2.25 bits per heavy atom. The average Bonchev–Trinajstić information content (AvgIpc) is 2.03. The summed E-state index contributed by atoms with van der Waals surface area (Å²) in [6, 6.07) is 0.301. The quantitative estimate of drug-likeness (QED) is 0.414. The summed E-state index contributed by atoms with van der Waals surface area (Å²) in [5.74, 6) is 4.68. The second-order valence-electron chi connectivity index (χ2n) is 3.60. The van der Waals surface area contributed by atoms with Gasteiger partial charge in [-0.1, -0.05) is 6.92 Å². The van der Waals surface area contributed by atoms with Crippen LogP contribution in [-0.4, -0.2) is 17.1 Å². The molecule has 4 N–H and O–H groups in total. The SMILES string of the molecule is CC1CC(NN)CCC1C(=O)O. The molecule has 12 heavy (non-hydrogen) atoms. The Morgan fingerprint density at radius 1 is 1.58 bits per heavy atom. The number of nitrogens with one attached hydrogen (secondary N) is 1. The number of carboxylic acid groups (broad SMARTS) is 1. The number of carbonyl (C=O) groups is 1. The minimum atomic E-state index is -0.669. The molecule has 0 bridgehead atoms. The molecule has 0 radical (unpaired) electrons. The van der Waals surface area contributed by atoms with Gasteiger partial charge in [-0.3, -0.25) is 16.1 Å². The minimum absolute atomic E-state index is 0.172. The van der Waals surface area contributed by atoms with Gasteiger partial charge >= 0.3 is 5.97 Å². The van der Waals surface area contributed by atoms with Crippen LogP contribution >= 0.6 is 0 Å². The summed E-state index contributed by atoms with van der Waals surface area (Å²) in [6.45, 7) is 1.97. The van der Waals surface area contributed by atoms with Crippen LogP contribution in [-0.2, 0) is 4.79 Å². The van der Waals surface area contributed by atoms with Gasteiger partial charge in [0.2, 0.25) is 0 Å². The molecule has 1 rings (SSSR count). The molecular weight excluding hydrogens is 156 g/mol. The summed E-state index contributed by atoms with van der Waals surface area (Å²) in [4.78, 5) is 10.7. The van der Waals surface area contributed by atoms with Crippen LogP contribution in [0.3, 0.4) is 0 Å². The Labute approximate surface area is 72.1 Å². The second-order valence-corrected chi connectivity index (χ2v) is 3.60. The van der Waals surface area contributed by atoms with Crippen molar-refractivity contribution in [2.45, 2.75) is 32.2 Å². The Hall–Kier alpha value is -0.610. The van der Waals surface area contributed by atoms with E-state index in [0.717, 1.165) is 19.3 Å². The molecule has 3 atom stereocenters. The molecule has 1 aliphatic carbocycles. The van der Waals surface area contributed by atoms with E-state index in [-0.39, 0.29) is 11.8 Å². The molecular formula is C8H16N2O2. The number of carboxylic acids is 1. The molecule has 0 aliphatic heterocycles. The van der Waals surface area contributed by atoms with Crippen molar-refractivity contribution in [2.75, 3.05) is 0 Å². The molecule has 3 unspecified atom stereocenters. The van der Waals surface area contributed by atoms with Crippen molar-refractivity contribution >= 4 is 5.97 Å². The minimum Gasteiger partial charge on any atom is -0.481 e. The molecule has 0 aromatic rings. The topological polar surface area (TPSA) is 75.3 Å². The van der Waals surface area contributed by atoms with Gasteiger partial charge in [0.1, 0.15) is 0 Å². The van der Waals surface area contributed by atoms with E-state index in [4.69, 9.17) is 10.9 Å². The summed E-state index contributed by atoms with van der Waals surface area (Å²) < 4.78 is 0. The molecule has 4 nitrogen and oxygen atoms in total. The highest BCUT2D eigenvalue weighted by Crippen LogP contribution is 2.29. The fourth-order valence-electron chi connectivity index (χ4n) is 1.91. The largest absolute Gasteiger partial charge is 0.481 e. The first-order valence-corrected chi connectivity index (χ1v) is 4.34. The lowest BCUT2D eigenvalue weighted by atomic mass is 9.78. The van der Waals surface area contributed by atoms with Crippen LogP contribution in [0.5, 0.6) is 0 Å². The van der Waals surface area contributed by atoms with Crippen LogP contribution in [0, 0.1) is 11.8 Å². The van der Waals surface area contributed by atoms with Crippen LogP contribution in [0.4, 0.5) is 0 Å². The number of hydrazine groups is 1. The molecule has 0 aromatic carbocycles. The van der Waals surface area contributed by atoms with Crippen LogP contribution in [0.1, 0.15) is 26.2 Å². The van der Waals surface area contributed by atoms with Crippen LogP contribution in [0.15, 0.2) is 0 Å². The molecule has 1 saturated carbocycles. The highest BCUT2D eigenvalue weighted by Gasteiger charge is 2.31. The maximum atomic E-state index is 10.7. The van der Waals surface area contributed by atoms with E-state index < -0.39 is 5.97 Å². The van der Waals surface area contributed by atoms with Gasteiger partial charge in [0.25, 0.3) is 0 Å². The maximum absolute atomic E-state index is 10.7. The van der Waals surface area contributed by atoms with Crippen molar-refractivity contribution in [3.8, 4) is 0 Å². The molecule has 0 spiro atoms. The Morgan fingerprint density at radius 3 is 2.67 bits per heavy atom. The van der Waals surface area contributed by atoms with E-state index in [0.29, 0.717) is 6.04 Å². The highest BCUT2D eigenvalue weighted by molar-refractivity contribution is 5.70. The average molecular weight is 172 g/mol. The van der Waals surface area contributed by atoms with E-state index in [2.05, 4.69) is 5.43 Å². The molecule has 1 fully saturated rings. The number of hydrogen-bond donors (Lipinski definition) is 3. The molecule has 4 heteroatoms. The van der Waals surface area contributed by atoms with Crippen molar-refractivity contribution in [1.82, 2.24) is 5.43 Å². The lowest BCUT2D eigenvalue weighted by molar-refractivity contribution is -0.144. The van der Waals surface area contributed by atoms with Crippen molar-refractivity contribution in [3.05, 3.63) is 0 Å². The van der Waals surface area contributed by atoms with E-state index in [1.165, 1.54) is 0 Å². The number of hydrogen-bond acceptors (Lipinski definition) is 3. The van der Waals surface area contributed by atoms with E-state index in [9.17, 15) is 4.79 Å². The van der Waals surface area contributed by atoms with Gasteiger partial charge < -0.3 is 5.11 Å². The lowest BCUT2D eigenvalue weighted by Gasteiger charge is -2.31. The first-order valence-electron chi connectivity index (χ1n) is 4.34. The summed E-state index contributed by atoms with van der Waals surface area (Å²) in [7, 11) is 0. The third-order valence-electron chi connectivity index (χ3n) is 2.72. The summed E-state index contributed by atoms with van der Waals surface area (Å²) in [5.41, 5.74) is 2.70. The Balaban J connectivity index is 2.47. The van der Waals surface area contributed by atoms with Crippen LogP contribution < -0.4 is 11.3 Å². The van der Waals surface area contributed by atoms with Crippen molar-refractivity contribution in [3.63, 3.8) is 0 Å². The van der Waals surface area contributed by atoms with Gasteiger partial charge in [-0.2, -0.15) is 0 Å². The maximum Gasteiger partial charge on any atom is 0.306 e. The predicted octanol–water partition coefficient (Wildman–Crippen LogP) is 0.339. The van der Waals surface area contributed by atoms with Crippen LogP contribution in [0.25, 0.3) is 0 Å². The second kappa shape index (κ2) is 3.87. The third kappa shape index (κ3) is 1.95. The number of nitrogens with two attached hydrogens (primary N) is 1. The van der Waals surface area contributed by atoms with Gasteiger partial charge in [-0.25, -0.2) is 0 Å². The smallest absolute Gasteiger partial charge is 0.306 e. The standard InChI is InChI=1S/C8H16N2O2/c1-5-4-6(10-9)2-3-7(5)8(11)12/h5-7,10H,2-4,9H2,1H3,(H,11,12). The molecule has 0 saturated heterocycles. The Kier molecular flexibility index (Phi) is 3.05. The van der Waals surface area contributed by atoms with E-state index in [1.54, 1.807) is 0 Å². The number of aliphatic carboxylic acids is 1. The van der Waals surface area contributed by atoms with Gasteiger partial charge in [0.15, 0.2) is 0 Å². The fourth-order valence-corrected chi connectivity index (χ4v) is 1.91. The number of rotatable bonds is 2. The van der Waals surface area contributed by atoms with Crippen molar-refractivity contribution < 1.29 is 9.90 Å². The molecule has 1 aliphatic rings. The zero-order valence-electron chi connectivity index (χ0n) is 7.29. The fraction of sp³-hybridized carbons (Fsp3) is 0.875. The van der Waals surface area contributed by atoms with Crippen LogP contribution in [0.2, 0.25) is 0 Å². The Bertz CT molecular complexity index is 172. The molecule has 70 valence electrons. The molecule has 0 amide bonds. The third-order valence-corrected chi connectivity index (χ3v) is 2.72. The van der Waals surface area contributed by atoms with Crippen molar-refractivity contribution in [1.29, 1.82) is 0 Å². The summed E-state index contributed by atoms with van der Waals surface area (Å²) in [6.07, 6.45) is 2.48. The zero-order chi connectivity index (χ0) is 9.14. The van der Waals surface area contributed by atoms with E-state index >= 15 is 0 Å². The lowest BCUT2D eigenvalue weighted by Crippen LogP contribution is -2.42. The highest BCUT2D eigenvalue weighted by atomic mass is 16.4. The summed E-state index contributed by atoms with van der Waals surface area (Å²) in [5, 5.41) is 8.82.